The van der Waals surface area contributed by atoms with Gasteiger partial charge in [-0.15, -0.1) is 0 Å². The number of nitrogens with zero attached hydrogens (tertiary/aromatic N) is 2. The van der Waals surface area contributed by atoms with Gasteiger partial charge in [0.2, 0.25) is 15.9 Å². The molecule has 0 unspecified atom stereocenters. The molecule has 1 aromatic heterocycles. The Hall–Kier alpha value is -3.43. The van der Waals surface area contributed by atoms with Gasteiger partial charge in [0.05, 0.1) is 18.0 Å². The number of methoxy groups -OCH3 is 1. The summed E-state index contributed by atoms with van der Waals surface area (Å²) in [5, 5.41) is 2.98. The predicted octanol–water partition coefficient (Wildman–Crippen LogP) is 2.55. The molecule has 0 aliphatic carbocycles. The van der Waals surface area contributed by atoms with Crippen molar-refractivity contribution in [1.82, 2.24) is 14.2 Å². The van der Waals surface area contributed by atoms with Crippen LogP contribution >= 0.6 is 0 Å². The lowest BCUT2D eigenvalue weighted by molar-refractivity contribution is -0.122. The Morgan fingerprint density at radius 2 is 1.62 bits per heavy atom. The van der Waals surface area contributed by atoms with Crippen LogP contribution in [-0.4, -0.2) is 43.4 Å². The van der Waals surface area contributed by atoms with E-state index in [1.807, 2.05) is 54.6 Å². The SMILES string of the molecule is COc1ccc([C@@H](NC(=O)Cn2cc(S(=O)(=O)N3CCCC3)ccc2=O)c2ccccc2)cc1. The van der Waals surface area contributed by atoms with Gasteiger partial charge < -0.3 is 14.6 Å². The van der Waals surface area contributed by atoms with Crippen LogP contribution in [0.5, 0.6) is 5.75 Å². The van der Waals surface area contributed by atoms with E-state index in [9.17, 15) is 18.0 Å². The summed E-state index contributed by atoms with van der Waals surface area (Å²) < 4.78 is 33.5. The maximum absolute atomic E-state index is 13.0. The third kappa shape index (κ3) is 5.21. The fourth-order valence-corrected chi connectivity index (χ4v) is 5.56. The highest BCUT2D eigenvalue weighted by Crippen LogP contribution is 2.24. The summed E-state index contributed by atoms with van der Waals surface area (Å²) >= 11 is 0. The predicted molar refractivity (Wildman–Crippen MR) is 128 cm³/mol. The average molecular weight is 482 g/mol. The molecule has 1 amide bonds. The lowest BCUT2D eigenvalue weighted by atomic mass is 9.98. The zero-order chi connectivity index (χ0) is 24.1. The minimum absolute atomic E-state index is 0.0107. The molecular weight excluding hydrogens is 454 g/mol. The highest BCUT2D eigenvalue weighted by atomic mass is 32.2. The van der Waals surface area contributed by atoms with Crippen LogP contribution in [0.25, 0.3) is 0 Å². The van der Waals surface area contributed by atoms with Gasteiger partial charge in [0.15, 0.2) is 0 Å². The zero-order valence-corrected chi connectivity index (χ0v) is 19.7. The number of rotatable bonds is 8. The van der Waals surface area contributed by atoms with E-state index in [-0.39, 0.29) is 11.4 Å². The summed E-state index contributed by atoms with van der Waals surface area (Å²) in [6.45, 7) is 0.618. The van der Waals surface area contributed by atoms with Gasteiger partial charge in [-0.05, 0) is 42.2 Å². The van der Waals surface area contributed by atoms with Gasteiger partial charge in [-0.1, -0.05) is 42.5 Å². The molecule has 2 heterocycles. The smallest absolute Gasteiger partial charge is 0.251 e. The quantitative estimate of drug-likeness (QED) is 0.533. The molecule has 4 rings (SSSR count). The normalized spacial score (nSPS) is 15.1. The third-order valence-corrected chi connectivity index (χ3v) is 7.74. The molecule has 1 N–H and O–H groups in total. The van der Waals surface area contributed by atoms with Gasteiger partial charge in [-0.25, -0.2) is 8.42 Å². The number of amides is 1. The number of ether oxygens (including phenoxy) is 1. The number of carbonyl (C=O) groups is 1. The number of benzene rings is 2. The van der Waals surface area contributed by atoms with Crippen molar-refractivity contribution in [2.24, 2.45) is 0 Å². The molecule has 1 aliphatic rings. The minimum Gasteiger partial charge on any atom is -0.497 e. The first-order valence-electron chi connectivity index (χ1n) is 11.1. The van der Waals surface area contributed by atoms with Crippen LogP contribution < -0.4 is 15.6 Å². The Morgan fingerprint density at radius 3 is 2.26 bits per heavy atom. The molecule has 0 radical (unpaired) electrons. The van der Waals surface area contributed by atoms with E-state index < -0.39 is 27.5 Å². The summed E-state index contributed by atoms with van der Waals surface area (Å²) in [6.07, 6.45) is 2.88. The molecule has 0 bridgehead atoms. The van der Waals surface area contributed by atoms with E-state index >= 15 is 0 Å². The third-order valence-electron chi connectivity index (χ3n) is 5.86. The molecule has 1 atom stereocenters. The highest BCUT2D eigenvalue weighted by Gasteiger charge is 2.28. The van der Waals surface area contributed by atoms with Gasteiger partial charge in [-0.2, -0.15) is 4.31 Å². The number of aromatic nitrogens is 1. The number of pyridine rings is 1. The van der Waals surface area contributed by atoms with E-state index in [4.69, 9.17) is 4.74 Å². The van der Waals surface area contributed by atoms with Gasteiger partial charge in [0, 0.05) is 25.4 Å². The van der Waals surface area contributed by atoms with Crippen molar-refractivity contribution in [1.29, 1.82) is 0 Å². The maximum atomic E-state index is 13.0. The fraction of sp³-hybridized carbons (Fsp3) is 0.280. The molecule has 34 heavy (non-hydrogen) atoms. The first-order valence-corrected chi connectivity index (χ1v) is 12.5. The monoisotopic (exact) mass is 481 g/mol. The maximum Gasteiger partial charge on any atom is 0.251 e. The second kappa shape index (κ2) is 10.2. The van der Waals surface area contributed by atoms with Gasteiger partial charge in [0.25, 0.3) is 5.56 Å². The van der Waals surface area contributed by atoms with Crippen molar-refractivity contribution in [3.05, 3.63) is 94.4 Å². The largest absolute Gasteiger partial charge is 0.497 e. The Morgan fingerprint density at radius 1 is 0.971 bits per heavy atom. The number of sulfonamides is 1. The second-order valence-electron chi connectivity index (χ2n) is 8.13. The second-order valence-corrected chi connectivity index (χ2v) is 10.1. The van der Waals surface area contributed by atoms with Crippen LogP contribution in [0.15, 0.2) is 82.6 Å². The van der Waals surface area contributed by atoms with Crippen molar-refractivity contribution in [3.8, 4) is 5.75 Å². The highest BCUT2D eigenvalue weighted by molar-refractivity contribution is 7.89. The van der Waals surface area contributed by atoms with Crippen molar-refractivity contribution in [2.45, 2.75) is 30.3 Å². The van der Waals surface area contributed by atoms with Crippen LogP contribution in [0.2, 0.25) is 0 Å². The van der Waals surface area contributed by atoms with Crippen molar-refractivity contribution in [3.63, 3.8) is 0 Å². The standard InChI is InChI=1S/C25H27N3O5S/c1-33-21-11-9-20(10-12-21)25(19-7-3-2-4-8-19)26-23(29)18-27-17-22(13-14-24(27)30)34(31,32)28-15-5-6-16-28/h2-4,7-14,17,25H,5-6,15-16,18H2,1H3,(H,26,29)/t25-/m0/s1. The van der Waals surface area contributed by atoms with E-state index in [1.165, 1.54) is 22.6 Å². The molecule has 1 saturated heterocycles. The molecule has 9 heteroatoms. The molecule has 2 aromatic carbocycles. The summed E-state index contributed by atoms with van der Waals surface area (Å²) in [4.78, 5) is 25.4. The number of nitrogens with one attached hydrogen (secondary N) is 1. The summed E-state index contributed by atoms with van der Waals surface area (Å²) in [5.41, 5.74) is 1.27. The summed E-state index contributed by atoms with van der Waals surface area (Å²) in [5.74, 6) is 0.284. The van der Waals surface area contributed by atoms with Gasteiger partial charge >= 0.3 is 0 Å². The lowest BCUT2D eigenvalue weighted by Gasteiger charge is -2.21. The summed E-state index contributed by atoms with van der Waals surface area (Å²) in [7, 11) is -2.11. The first kappa shape index (κ1) is 23.7. The van der Waals surface area contributed by atoms with E-state index in [2.05, 4.69) is 5.32 Å². The molecule has 8 nitrogen and oxygen atoms in total. The van der Waals surface area contributed by atoms with Crippen LogP contribution in [0.4, 0.5) is 0 Å². The number of hydrogen-bond donors (Lipinski definition) is 1. The lowest BCUT2D eigenvalue weighted by Crippen LogP contribution is -2.35. The molecule has 1 aliphatic heterocycles. The van der Waals surface area contributed by atoms with Crippen LogP contribution in [-0.2, 0) is 21.4 Å². The van der Waals surface area contributed by atoms with E-state index in [0.717, 1.165) is 28.5 Å². The average Bonchev–Trinajstić information content (AvgIpc) is 3.41. The molecule has 178 valence electrons. The van der Waals surface area contributed by atoms with Gasteiger partial charge in [0.1, 0.15) is 12.3 Å². The topological polar surface area (TPSA) is 97.7 Å². The van der Waals surface area contributed by atoms with Gasteiger partial charge in [-0.3, -0.25) is 9.59 Å². The van der Waals surface area contributed by atoms with E-state index in [0.29, 0.717) is 18.8 Å². The van der Waals surface area contributed by atoms with Crippen LogP contribution in [0, 0.1) is 0 Å². The Labute approximate surface area is 198 Å². The number of carbonyl (C=O) groups excluding carboxylic acids is 1. The van der Waals surface area contributed by atoms with E-state index in [1.54, 1.807) is 7.11 Å². The van der Waals surface area contributed by atoms with Crippen molar-refractivity contribution >= 4 is 15.9 Å². The Bertz CT molecular complexity index is 1300. The molecule has 0 saturated carbocycles. The Kier molecular flexibility index (Phi) is 7.14. The van der Waals surface area contributed by atoms with Crippen molar-refractivity contribution in [2.75, 3.05) is 20.2 Å². The van der Waals surface area contributed by atoms with Crippen molar-refractivity contribution < 1.29 is 17.9 Å². The molecular formula is C25H27N3O5S. The minimum atomic E-state index is -3.70. The summed E-state index contributed by atoms with van der Waals surface area (Å²) in [6, 6.07) is 18.9. The fourth-order valence-electron chi connectivity index (χ4n) is 4.03. The van der Waals surface area contributed by atoms with Crippen LogP contribution in [0.3, 0.4) is 0 Å². The Balaban J connectivity index is 1.57. The molecule has 1 fully saturated rings. The number of hydrogen-bond acceptors (Lipinski definition) is 5. The van der Waals surface area contributed by atoms with Crippen LogP contribution in [0.1, 0.15) is 30.0 Å². The molecule has 3 aromatic rings. The first-order chi connectivity index (χ1) is 16.4. The molecule has 0 spiro atoms. The zero-order valence-electron chi connectivity index (χ0n) is 18.9.